The van der Waals surface area contributed by atoms with Crippen molar-refractivity contribution >= 4 is 56.7 Å². The van der Waals surface area contributed by atoms with Gasteiger partial charge in [-0.2, -0.15) is 4.98 Å². The number of piperidine rings is 1. The third-order valence-corrected chi connectivity index (χ3v) is 6.79. The molecule has 2 aromatic carbocycles. The Morgan fingerprint density at radius 3 is 2.53 bits per heavy atom. The molecule has 4 aromatic rings. The highest BCUT2D eigenvalue weighted by Crippen LogP contribution is 2.30. The van der Waals surface area contributed by atoms with Crippen LogP contribution in [0.1, 0.15) is 18.4 Å². The van der Waals surface area contributed by atoms with Crippen LogP contribution in [0, 0.1) is 6.92 Å². The van der Waals surface area contributed by atoms with Gasteiger partial charge in [0, 0.05) is 17.9 Å². The number of aryl methyl sites for hydroxylation is 1. The molecule has 0 spiro atoms. The fraction of sp³-hybridized carbons (Fsp3) is 0.269. The monoisotopic (exact) mass is 570 g/mol. The van der Waals surface area contributed by atoms with Crippen LogP contribution in [0.5, 0.6) is 11.5 Å². The lowest BCUT2D eigenvalue weighted by Gasteiger charge is -2.29. The SMILES string of the molecule is Cc1ccccc1Oc1ccc(Nc2nc(NC3CCN(C)CC3)nc3c(Br)c[nH]c(=O)c23)cc1.Cl. The van der Waals surface area contributed by atoms with Gasteiger partial charge in [-0.3, -0.25) is 4.79 Å². The van der Waals surface area contributed by atoms with E-state index in [0.717, 1.165) is 48.7 Å². The molecule has 3 heterocycles. The van der Waals surface area contributed by atoms with Crippen molar-refractivity contribution in [2.45, 2.75) is 25.8 Å². The van der Waals surface area contributed by atoms with Crippen molar-refractivity contribution in [1.29, 1.82) is 0 Å². The Bertz CT molecular complexity index is 1400. The van der Waals surface area contributed by atoms with Crippen LogP contribution in [0.4, 0.5) is 17.5 Å². The lowest BCUT2D eigenvalue weighted by atomic mass is 10.1. The van der Waals surface area contributed by atoms with Gasteiger partial charge < -0.3 is 25.3 Å². The van der Waals surface area contributed by atoms with Gasteiger partial charge >= 0.3 is 0 Å². The third kappa shape index (κ3) is 5.80. The molecule has 0 saturated carbocycles. The number of H-pyrrole nitrogens is 1. The number of aromatic nitrogens is 3. The quantitative estimate of drug-likeness (QED) is 0.267. The van der Waals surface area contributed by atoms with Gasteiger partial charge in [0.15, 0.2) is 0 Å². The largest absolute Gasteiger partial charge is 0.457 e. The summed E-state index contributed by atoms with van der Waals surface area (Å²) in [4.78, 5) is 27.1. The Labute approximate surface area is 224 Å². The number of halogens is 2. The van der Waals surface area contributed by atoms with E-state index in [2.05, 4.69) is 48.5 Å². The first-order valence-corrected chi connectivity index (χ1v) is 12.4. The smallest absolute Gasteiger partial charge is 0.261 e. The predicted octanol–water partition coefficient (Wildman–Crippen LogP) is 5.85. The summed E-state index contributed by atoms with van der Waals surface area (Å²) in [6.07, 6.45) is 3.64. The fourth-order valence-electron chi connectivity index (χ4n) is 4.15. The number of nitrogens with zero attached hydrogens (tertiary/aromatic N) is 3. The predicted molar refractivity (Wildman–Crippen MR) is 150 cm³/mol. The van der Waals surface area contributed by atoms with Gasteiger partial charge in [-0.1, -0.05) is 18.2 Å². The van der Waals surface area contributed by atoms with Gasteiger partial charge in [0.2, 0.25) is 5.95 Å². The zero-order valence-electron chi connectivity index (χ0n) is 20.0. The molecule has 1 aliphatic rings. The summed E-state index contributed by atoms with van der Waals surface area (Å²) in [6, 6.07) is 15.7. The lowest BCUT2D eigenvalue weighted by Crippen LogP contribution is -2.37. The van der Waals surface area contributed by atoms with Crippen LogP contribution in [-0.4, -0.2) is 46.0 Å². The molecule has 0 radical (unpaired) electrons. The first kappa shape index (κ1) is 25.9. The molecule has 0 amide bonds. The average molecular weight is 572 g/mol. The topological polar surface area (TPSA) is 95.2 Å². The van der Waals surface area contributed by atoms with Crippen LogP contribution in [-0.2, 0) is 0 Å². The summed E-state index contributed by atoms with van der Waals surface area (Å²) >= 11 is 3.53. The molecule has 0 atom stereocenters. The Hall–Kier alpha value is -3.14. The van der Waals surface area contributed by atoms with Crippen LogP contribution in [0.2, 0.25) is 0 Å². The number of nitrogens with one attached hydrogen (secondary N) is 3. The summed E-state index contributed by atoms with van der Waals surface area (Å²) in [5, 5.41) is 7.17. The Morgan fingerprint density at radius 2 is 1.81 bits per heavy atom. The maximum absolute atomic E-state index is 12.7. The molecular weight excluding hydrogens is 544 g/mol. The first-order valence-electron chi connectivity index (χ1n) is 11.6. The summed E-state index contributed by atoms with van der Waals surface area (Å²) in [5.74, 6) is 2.49. The third-order valence-electron chi connectivity index (χ3n) is 6.18. The second-order valence-electron chi connectivity index (χ2n) is 8.82. The number of benzene rings is 2. The van der Waals surface area contributed by atoms with Gasteiger partial charge in [0.05, 0.1) is 9.99 Å². The highest BCUT2D eigenvalue weighted by molar-refractivity contribution is 9.10. The van der Waals surface area contributed by atoms with Gasteiger partial charge in [-0.25, -0.2) is 4.98 Å². The number of hydrogen-bond donors (Lipinski definition) is 3. The van der Waals surface area contributed by atoms with Gasteiger partial charge in [-0.05, 0) is 91.7 Å². The van der Waals surface area contributed by atoms with Crippen molar-refractivity contribution in [3.63, 3.8) is 0 Å². The van der Waals surface area contributed by atoms with Crippen molar-refractivity contribution in [3.8, 4) is 11.5 Å². The molecule has 2 aromatic heterocycles. The van der Waals surface area contributed by atoms with E-state index in [1.54, 1.807) is 6.20 Å². The first-order chi connectivity index (χ1) is 17.0. The average Bonchev–Trinajstić information content (AvgIpc) is 2.85. The number of likely N-dealkylation sites (tertiary alicyclic amines) is 1. The molecule has 10 heteroatoms. The number of fused-ring (bicyclic) bond motifs is 1. The number of ether oxygens (including phenoxy) is 1. The zero-order valence-corrected chi connectivity index (χ0v) is 22.4. The van der Waals surface area contributed by atoms with Crippen molar-refractivity contribution in [3.05, 3.63) is 75.1 Å². The Kier molecular flexibility index (Phi) is 8.13. The van der Waals surface area contributed by atoms with E-state index in [-0.39, 0.29) is 24.0 Å². The van der Waals surface area contributed by atoms with Gasteiger partial charge in [0.25, 0.3) is 5.56 Å². The molecule has 36 heavy (non-hydrogen) atoms. The maximum atomic E-state index is 12.7. The molecule has 0 aliphatic carbocycles. The summed E-state index contributed by atoms with van der Waals surface area (Å²) in [5.41, 5.74) is 2.15. The minimum Gasteiger partial charge on any atom is -0.457 e. The van der Waals surface area contributed by atoms with Gasteiger partial charge in [-0.15, -0.1) is 12.4 Å². The molecule has 1 fully saturated rings. The second kappa shape index (κ2) is 11.3. The highest BCUT2D eigenvalue weighted by Gasteiger charge is 2.20. The molecule has 5 rings (SSSR count). The number of aromatic amines is 1. The van der Waals surface area contributed by atoms with Crippen molar-refractivity contribution < 1.29 is 4.74 Å². The van der Waals surface area contributed by atoms with E-state index in [0.29, 0.717) is 27.1 Å². The van der Waals surface area contributed by atoms with E-state index >= 15 is 0 Å². The molecule has 8 nitrogen and oxygen atoms in total. The lowest BCUT2D eigenvalue weighted by molar-refractivity contribution is 0.263. The molecule has 1 aliphatic heterocycles. The summed E-state index contributed by atoms with van der Waals surface area (Å²) in [7, 11) is 2.13. The number of hydrogen-bond acceptors (Lipinski definition) is 7. The van der Waals surface area contributed by atoms with Crippen molar-refractivity contribution in [1.82, 2.24) is 19.9 Å². The van der Waals surface area contributed by atoms with E-state index in [1.165, 1.54) is 0 Å². The van der Waals surface area contributed by atoms with Crippen LogP contribution in [0.3, 0.4) is 0 Å². The normalized spacial score (nSPS) is 14.3. The molecule has 0 unspecified atom stereocenters. The van der Waals surface area contributed by atoms with Gasteiger partial charge in [0.1, 0.15) is 22.7 Å². The number of para-hydroxylation sites is 1. The van der Waals surface area contributed by atoms with Crippen LogP contribution >= 0.6 is 28.3 Å². The minimum atomic E-state index is -0.254. The Morgan fingerprint density at radius 1 is 1.08 bits per heavy atom. The standard InChI is InChI=1S/C26H27BrN6O2.ClH/c1-16-5-3-4-6-21(16)35-19-9-7-17(8-10-19)29-24-22-23(20(27)15-28-25(22)34)31-26(32-24)30-18-11-13-33(2)14-12-18;/h3-10,15,18H,11-14H2,1-2H3,(H,28,34)(H2,29,30,31,32);1H. The van der Waals surface area contributed by atoms with Crippen molar-refractivity contribution in [2.75, 3.05) is 30.8 Å². The van der Waals surface area contributed by atoms with Crippen molar-refractivity contribution in [2.24, 2.45) is 0 Å². The Balaban J connectivity index is 0.00000304. The van der Waals surface area contributed by atoms with E-state index < -0.39 is 0 Å². The zero-order chi connectivity index (χ0) is 24.4. The molecule has 0 bridgehead atoms. The van der Waals surface area contributed by atoms with E-state index in [4.69, 9.17) is 9.72 Å². The second-order valence-corrected chi connectivity index (χ2v) is 9.68. The molecule has 3 N–H and O–H groups in total. The number of pyridine rings is 1. The molecule has 188 valence electrons. The fourth-order valence-corrected chi connectivity index (χ4v) is 4.55. The highest BCUT2D eigenvalue weighted by atomic mass is 79.9. The number of rotatable bonds is 6. The minimum absolute atomic E-state index is 0. The summed E-state index contributed by atoms with van der Waals surface area (Å²) < 4.78 is 6.70. The van der Waals surface area contributed by atoms with Crippen LogP contribution in [0.15, 0.2) is 64.0 Å². The number of anilines is 3. The molecule has 1 saturated heterocycles. The van der Waals surface area contributed by atoms with E-state index in [9.17, 15) is 4.79 Å². The maximum Gasteiger partial charge on any atom is 0.261 e. The summed E-state index contributed by atoms with van der Waals surface area (Å²) in [6.45, 7) is 4.06. The van der Waals surface area contributed by atoms with Crippen LogP contribution < -0.4 is 20.9 Å². The van der Waals surface area contributed by atoms with E-state index in [1.807, 2.05) is 55.5 Å². The molecular formula is C26H28BrClN6O2. The van der Waals surface area contributed by atoms with Crippen LogP contribution in [0.25, 0.3) is 10.9 Å².